The lowest BCUT2D eigenvalue weighted by molar-refractivity contribution is 0.727. The fourth-order valence-electron chi connectivity index (χ4n) is 1.82. The molecule has 0 saturated carbocycles. The molecule has 2 rings (SSSR count). The van der Waals surface area contributed by atoms with E-state index in [4.69, 9.17) is 22.1 Å². The lowest BCUT2D eigenvalue weighted by Crippen LogP contribution is -2.12. The molecule has 0 aliphatic rings. The molecular formula is C14H12ClN5. The molecule has 2 aromatic rings. The SMILES string of the molecule is CCNCc1ccc(-n2cnc(C#N)c2C#N)cc1Cl. The van der Waals surface area contributed by atoms with Crippen molar-refractivity contribution >= 4 is 11.6 Å². The van der Waals surface area contributed by atoms with Crippen LogP contribution >= 0.6 is 11.6 Å². The van der Waals surface area contributed by atoms with Crippen molar-refractivity contribution in [3.8, 4) is 17.8 Å². The van der Waals surface area contributed by atoms with Gasteiger partial charge in [-0.2, -0.15) is 10.5 Å². The Bertz CT molecular complexity index is 705. The summed E-state index contributed by atoms with van der Waals surface area (Å²) in [6.07, 6.45) is 1.45. The zero-order valence-corrected chi connectivity index (χ0v) is 11.6. The molecule has 5 nitrogen and oxygen atoms in total. The molecule has 0 aliphatic carbocycles. The number of hydrogen-bond donors (Lipinski definition) is 1. The van der Waals surface area contributed by atoms with Gasteiger partial charge in [0.05, 0.1) is 0 Å². The Morgan fingerprint density at radius 1 is 1.35 bits per heavy atom. The minimum Gasteiger partial charge on any atom is -0.313 e. The standard InChI is InChI=1S/C14H12ClN5/c1-2-18-8-10-3-4-11(5-12(10)15)20-9-19-13(6-16)14(20)7-17/h3-5,9,18H,2,8H2,1H3. The van der Waals surface area contributed by atoms with E-state index in [1.165, 1.54) is 6.33 Å². The van der Waals surface area contributed by atoms with Crippen LogP contribution in [-0.4, -0.2) is 16.1 Å². The van der Waals surface area contributed by atoms with Gasteiger partial charge >= 0.3 is 0 Å². The average Bonchev–Trinajstić information content (AvgIpc) is 2.88. The van der Waals surface area contributed by atoms with Crippen molar-refractivity contribution in [3.63, 3.8) is 0 Å². The van der Waals surface area contributed by atoms with Crippen molar-refractivity contribution in [2.24, 2.45) is 0 Å². The van der Waals surface area contributed by atoms with Crippen LogP contribution in [0.25, 0.3) is 5.69 Å². The number of nitriles is 2. The van der Waals surface area contributed by atoms with Crippen LogP contribution in [0.15, 0.2) is 24.5 Å². The Morgan fingerprint density at radius 3 is 2.75 bits per heavy atom. The van der Waals surface area contributed by atoms with E-state index in [-0.39, 0.29) is 11.4 Å². The number of halogens is 1. The highest BCUT2D eigenvalue weighted by molar-refractivity contribution is 6.31. The van der Waals surface area contributed by atoms with Gasteiger partial charge in [-0.25, -0.2) is 4.98 Å². The third-order valence-corrected chi connectivity index (χ3v) is 3.21. The molecule has 0 spiro atoms. The molecule has 1 heterocycles. The van der Waals surface area contributed by atoms with Crippen molar-refractivity contribution in [2.75, 3.05) is 6.54 Å². The first-order chi connectivity index (χ1) is 9.71. The molecule has 0 bridgehead atoms. The zero-order valence-electron chi connectivity index (χ0n) is 10.9. The van der Waals surface area contributed by atoms with Gasteiger partial charge in [-0.15, -0.1) is 0 Å². The number of rotatable bonds is 4. The highest BCUT2D eigenvalue weighted by atomic mass is 35.5. The number of hydrogen-bond acceptors (Lipinski definition) is 4. The topological polar surface area (TPSA) is 77.4 Å². The van der Waals surface area contributed by atoms with E-state index < -0.39 is 0 Å². The van der Waals surface area contributed by atoms with Gasteiger partial charge in [-0.05, 0) is 24.2 Å². The summed E-state index contributed by atoms with van der Waals surface area (Å²) in [6.45, 7) is 3.58. The Balaban J connectivity index is 2.40. The Labute approximate surface area is 122 Å². The predicted octanol–water partition coefficient (Wildman–Crippen LogP) is 2.38. The highest BCUT2D eigenvalue weighted by Gasteiger charge is 2.12. The fraction of sp³-hybridized carbons (Fsp3) is 0.214. The van der Waals surface area contributed by atoms with Crippen LogP contribution in [-0.2, 0) is 6.54 Å². The van der Waals surface area contributed by atoms with Crippen LogP contribution in [0.1, 0.15) is 23.9 Å². The largest absolute Gasteiger partial charge is 0.313 e. The molecule has 100 valence electrons. The van der Waals surface area contributed by atoms with E-state index in [1.807, 2.05) is 31.2 Å². The van der Waals surface area contributed by atoms with Crippen LogP contribution in [0, 0.1) is 22.7 Å². The first-order valence-corrected chi connectivity index (χ1v) is 6.46. The summed E-state index contributed by atoms with van der Waals surface area (Å²) in [5.74, 6) is 0. The number of imidazole rings is 1. The Morgan fingerprint density at radius 2 is 2.15 bits per heavy atom. The molecule has 0 fully saturated rings. The van der Waals surface area contributed by atoms with Gasteiger partial charge in [0.2, 0.25) is 0 Å². The molecule has 0 amide bonds. The van der Waals surface area contributed by atoms with Crippen molar-refractivity contribution in [2.45, 2.75) is 13.5 Å². The molecular weight excluding hydrogens is 274 g/mol. The van der Waals surface area contributed by atoms with Crippen LogP contribution in [0.5, 0.6) is 0 Å². The maximum absolute atomic E-state index is 9.12. The lowest BCUT2D eigenvalue weighted by Gasteiger charge is -2.09. The van der Waals surface area contributed by atoms with Crippen LogP contribution in [0.4, 0.5) is 0 Å². The molecule has 0 atom stereocenters. The molecule has 1 aromatic heterocycles. The van der Waals surface area contributed by atoms with Crippen molar-refractivity contribution in [1.82, 2.24) is 14.9 Å². The highest BCUT2D eigenvalue weighted by Crippen LogP contribution is 2.22. The molecule has 6 heteroatoms. The van der Waals surface area contributed by atoms with E-state index in [1.54, 1.807) is 10.6 Å². The molecule has 20 heavy (non-hydrogen) atoms. The summed E-state index contributed by atoms with van der Waals surface area (Å²) in [6, 6.07) is 9.39. The first-order valence-electron chi connectivity index (χ1n) is 6.08. The van der Waals surface area contributed by atoms with Gasteiger partial charge in [-0.3, -0.25) is 4.57 Å². The quantitative estimate of drug-likeness (QED) is 0.935. The molecule has 0 unspecified atom stereocenters. The Kier molecular flexibility index (Phi) is 4.37. The normalized spacial score (nSPS) is 10.0. The molecule has 0 radical (unpaired) electrons. The van der Waals surface area contributed by atoms with Crippen molar-refractivity contribution < 1.29 is 0 Å². The number of nitrogens with zero attached hydrogens (tertiary/aromatic N) is 4. The first kappa shape index (κ1) is 14.1. The van der Waals surface area contributed by atoms with E-state index in [9.17, 15) is 0 Å². The summed E-state index contributed by atoms with van der Waals surface area (Å²) in [7, 11) is 0. The second-order valence-electron chi connectivity index (χ2n) is 4.09. The fourth-order valence-corrected chi connectivity index (χ4v) is 2.06. The third kappa shape index (κ3) is 2.65. The van der Waals surface area contributed by atoms with Gasteiger partial charge in [0, 0.05) is 17.3 Å². The van der Waals surface area contributed by atoms with Gasteiger partial charge in [0.25, 0.3) is 0 Å². The van der Waals surface area contributed by atoms with Crippen LogP contribution in [0.2, 0.25) is 5.02 Å². The summed E-state index contributed by atoms with van der Waals surface area (Å²) >= 11 is 6.23. The third-order valence-electron chi connectivity index (χ3n) is 2.86. The minimum absolute atomic E-state index is 0.111. The zero-order chi connectivity index (χ0) is 14.5. The molecule has 0 saturated heterocycles. The summed E-state index contributed by atoms with van der Waals surface area (Å²) in [5, 5.41) is 21.8. The molecule has 1 N–H and O–H groups in total. The van der Waals surface area contributed by atoms with Crippen LogP contribution in [0.3, 0.4) is 0 Å². The summed E-state index contributed by atoms with van der Waals surface area (Å²) in [5.41, 5.74) is 2.01. The second-order valence-corrected chi connectivity index (χ2v) is 4.50. The van der Waals surface area contributed by atoms with Crippen LogP contribution < -0.4 is 5.32 Å². The monoisotopic (exact) mass is 285 g/mol. The average molecular weight is 286 g/mol. The number of nitrogens with one attached hydrogen (secondary N) is 1. The van der Waals surface area contributed by atoms with E-state index in [0.29, 0.717) is 17.3 Å². The van der Waals surface area contributed by atoms with E-state index >= 15 is 0 Å². The summed E-state index contributed by atoms with van der Waals surface area (Å²) in [4.78, 5) is 3.91. The van der Waals surface area contributed by atoms with Crippen molar-refractivity contribution in [3.05, 3.63) is 46.5 Å². The summed E-state index contributed by atoms with van der Waals surface area (Å²) < 4.78 is 1.56. The van der Waals surface area contributed by atoms with E-state index in [2.05, 4.69) is 10.3 Å². The smallest absolute Gasteiger partial charge is 0.177 e. The molecule has 0 aliphatic heterocycles. The molecule has 1 aromatic carbocycles. The number of benzene rings is 1. The van der Waals surface area contributed by atoms with Gasteiger partial charge in [0.1, 0.15) is 18.5 Å². The predicted molar refractivity (Wildman–Crippen MR) is 75.4 cm³/mol. The van der Waals surface area contributed by atoms with Crippen molar-refractivity contribution in [1.29, 1.82) is 10.5 Å². The van der Waals surface area contributed by atoms with Gasteiger partial charge in [0.15, 0.2) is 11.4 Å². The lowest BCUT2D eigenvalue weighted by atomic mass is 10.2. The minimum atomic E-state index is 0.111. The second kappa shape index (κ2) is 6.21. The maximum atomic E-state index is 9.12. The Hall–Kier alpha value is -2.34. The van der Waals surface area contributed by atoms with Gasteiger partial charge < -0.3 is 5.32 Å². The van der Waals surface area contributed by atoms with E-state index in [0.717, 1.165) is 12.1 Å². The number of aromatic nitrogens is 2. The van der Waals surface area contributed by atoms with Gasteiger partial charge in [-0.1, -0.05) is 24.6 Å². The maximum Gasteiger partial charge on any atom is 0.177 e.